The van der Waals surface area contributed by atoms with E-state index in [1.807, 2.05) is 25.1 Å². The van der Waals surface area contributed by atoms with E-state index >= 15 is 0 Å². The van der Waals surface area contributed by atoms with Crippen LogP contribution in [0.15, 0.2) is 34.2 Å². The summed E-state index contributed by atoms with van der Waals surface area (Å²) in [7, 11) is 7.19. The van der Waals surface area contributed by atoms with E-state index < -0.39 is 23.5 Å². The van der Waals surface area contributed by atoms with E-state index in [2.05, 4.69) is 4.99 Å². The van der Waals surface area contributed by atoms with Crippen molar-refractivity contribution >= 4 is 28.6 Å². The Bertz CT molecular complexity index is 1140. The number of thioether (sulfide) groups is 1. The van der Waals surface area contributed by atoms with Crippen molar-refractivity contribution in [1.29, 1.82) is 0 Å². The number of benzene rings is 1. The fourth-order valence-corrected chi connectivity index (χ4v) is 5.82. The molecule has 40 heavy (non-hydrogen) atoms. The zero-order chi connectivity index (χ0) is 29.8. The summed E-state index contributed by atoms with van der Waals surface area (Å²) in [6.07, 6.45) is -5.53. The molecule has 2 aliphatic rings. The van der Waals surface area contributed by atoms with Crippen LogP contribution in [0, 0.1) is 11.8 Å². The lowest BCUT2D eigenvalue weighted by molar-refractivity contribution is -0.143. The minimum absolute atomic E-state index is 0.00547. The van der Waals surface area contributed by atoms with Gasteiger partial charge in [-0.3, -0.25) is 14.5 Å². The molecule has 1 aromatic rings. The summed E-state index contributed by atoms with van der Waals surface area (Å²) in [6, 6.07) is 1.77. The van der Waals surface area contributed by atoms with Crippen molar-refractivity contribution in [2.24, 2.45) is 16.8 Å². The lowest BCUT2D eigenvalue weighted by Gasteiger charge is -2.31. The third-order valence-electron chi connectivity index (χ3n) is 6.97. The van der Waals surface area contributed by atoms with E-state index in [0.29, 0.717) is 57.1 Å². The third kappa shape index (κ3) is 8.81. The van der Waals surface area contributed by atoms with Crippen LogP contribution in [0.5, 0.6) is 0 Å². The van der Waals surface area contributed by atoms with E-state index in [1.54, 1.807) is 23.9 Å². The normalized spacial score (nSPS) is 19.4. The Morgan fingerprint density at radius 2 is 1.75 bits per heavy atom. The van der Waals surface area contributed by atoms with Gasteiger partial charge in [0.25, 0.3) is 0 Å². The first-order valence-electron chi connectivity index (χ1n) is 12.9. The number of amides is 2. The quantitative estimate of drug-likeness (QED) is 0.321. The molecule has 1 atom stereocenters. The van der Waals surface area contributed by atoms with Gasteiger partial charge in [-0.25, -0.2) is 4.99 Å². The number of alkyl halides is 6. The number of likely N-dealkylation sites (tertiary alicyclic amines) is 1. The molecule has 3 rings (SSSR count). The highest BCUT2D eigenvalue weighted by Crippen LogP contribution is 2.38. The number of aliphatic imine (C=N–C) groups is 1. The summed E-state index contributed by atoms with van der Waals surface area (Å²) in [4.78, 5) is 34.9. The van der Waals surface area contributed by atoms with Crippen molar-refractivity contribution in [1.82, 2.24) is 14.7 Å². The van der Waals surface area contributed by atoms with Crippen LogP contribution in [0.3, 0.4) is 0 Å². The number of rotatable bonds is 9. The number of allylic oxidation sites excluding steroid dienone is 2. The zero-order valence-electron chi connectivity index (χ0n) is 22.9. The maximum absolute atomic E-state index is 13.5. The number of carbonyl (C=O) groups excluding carboxylic acids is 2. The van der Waals surface area contributed by atoms with Gasteiger partial charge >= 0.3 is 17.6 Å². The highest BCUT2D eigenvalue weighted by Gasteiger charge is 2.38. The largest absolute Gasteiger partial charge is 0.416 e. The Labute approximate surface area is 234 Å². The number of piperidine rings is 1. The highest BCUT2D eigenvalue weighted by atomic mass is 32.2. The summed E-state index contributed by atoms with van der Waals surface area (Å²) in [6.45, 7) is 1.38. The molecular weight excluding hydrogens is 558 g/mol. The van der Waals surface area contributed by atoms with Crippen LogP contribution in [0.4, 0.5) is 31.1 Å². The van der Waals surface area contributed by atoms with Gasteiger partial charge in [0, 0.05) is 32.1 Å². The molecule has 0 spiro atoms. The SMILES string of the molecule is CN(C)C[C@H](CCC1=NC(=O)S/C1=C\C1CCN(Cc2ccc(C(F)(F)F)cc2C(F)(F)F)CC1)C(=O)N(C)C. The number of hydrogen-bond donors (Lipinski definition) is 0. The molecule has 2 heterocycles. The first kappa shape index (κ1) is 32.1. The van der Waals surface area contributed by atoms with E-state index in [1.165, 1.54) is 0 Å². The maximum atomic E-state index is 13.5. The highest BCUT2D eigenvalue weighted by molar-refractivity contribution is 8.18. The summed E-state index contributed by atoms with van der Waals surface area (Å²) in [5.41, 5.74) is -2.14. The Balaban J connectivity index is 1.63. The molecule has 0 aromatic heterocycles. The molecule has 2 amide bonds. The molecule has 222 valence electrons. The van der Waals surface area contributed by atoms with Crippen molar-refractivity contribution < 1.29 is 35.9 Å². The summed E-state index contributed by atoms with van der Waals surface area (Å²) >= 11 is 1.04. The Kier molecular flexibility index (Phi) is 10.5. The van der Waals surface area contributed by atoms with Gasteiger partial charge in [-0.1, -0.05) is 12.1 Å². The van der Waals surface area contributed by atoms with Crippen molar-refractivity contribution in [3.05, 3.63) is 45.9 Å². The van der Waals surface area contributed by atoms with Gasteiger partial charge < -0.3 is 9.80 Å². The molecule has 0 aliphatic carbocycles. The van der Waals surface area contributed by atoms with E-state index in [4.69, 9.17) is 0 Å². The minimum atomic E-state index is -4.90. The molecule has 1 aromatic carbocycles. The van der Waals surface area contributed by atoms with Crippen LogP contribution < -0.4 is 0 Å². The standard InChI is InChI=1S/C27H34F6N4O2S/c1-35(2)15-19(24(38)36(3)4)6-8-22-23(40-25(39)34-22)13-17-9-11-37(12-10-17)16-18-5-7-20(26(28,29)30)14-21(18)27(31,32)33/h5,7,13-14,17,19H,6,8-12,15-16H2,1-4H3/b23-13-/t19-/m0/s1. The molecular formula is C27H34F6N4O2S. The average molecular weight is 593 g/mol. The second-order valence-corrected chi connectivity index (χ2v) is 11.7. The Morgan fingerprint density at radius 3 is 2.30 bits per heavy atom. The molecule has 0 unspecified atom stereocenters. The fraction of sp³-hybridized carbons (Fsp3) is 0.593. The molecule has 6 nitrogen and oxygen atoms in total. The molecule has 0 N–H and O–H groups in total. The predicted octanol–water partition coefficient (Wildman–Crippen LogP) is 6.17. The van der Waals surface area contributed by atoms with Gasteiger partial charge in [-0.05, 0) is 88.2 Å². The minimum Gasteiger partial charge on any atom is -0.349 e. The molecule has 0 radical (unpaired) electrons. The topological polar surface area (TPSA) is 56.2 Å². The lowest BCUT2D eigenvalue weighted by atomic mass is 9.93. The number of nitrogens with zero attached hydrogens (tertiary/aromatic N) is 4. The van der Waals surface area contributed by atoms with Gasteiger partial charge in [-0.2, -0.15) is 26.3 Å². The van der Waals surface area contributed by atoms with Crippen molar-refractivity contribution in [3.63, 3.8) is 0 Å². The number of hydrogen-bond acceptors (Lipinski definition) is 5. The Morgan fingerprint density at radius 1 is 1.10 bits per heavy atom. The van der Waals surface area contributed by atoms with Gasteiger partial charge in [-0.15, -0.1) is 0 Å². The average Bonchev–Trinajstić information content (AvgIpc) is 3.19. The van der Waals surface area contributed by atoms with Gasteiger partial charge in [0.1, 0.15) is 0 Å². The van der Waals surface area contributed by atoms with Crippen LogP contribution in [0.1, 0.15) is 42.4 Å². The van der Waals surface area contributed by atoms with Crippen molar-refractivity contribution in [3.8, 4) is 0 Å². The number of carbonyl (C=O) groups is 2. The maximum Gasteiger partial charge on any atom is 0.416 e. The smallest absolute Gasteiger partial charge is 0.349 e. The molecule has 1 fully saturated rings. The van der Waals surface area contributed by atoms with Gasteiger partial charge in [0.2, 0.25) is 5.91 Å². The second kappa shape index (κ2) is 13.1. The molecule has 2 aliphatic heterocycles. The van der Waals surface area contributed by atoms with Crippen molar-refractivity contribution in [2.75, 3.05) is 47.8 Å². The second-order valence-electron chi connectivity index (χ2n) is 10.7. The van der Waals surface area contributed by atoms with E-state index in [9.17, 15) is 35.9 Å². The third-order valence-corrected chi connectivity index (χ3v) is 7.83. The fourth-order valence-electron chi connectivity index (χ4n) is 4.95. The Hall–Kier alpha value is -2.38. The molecule has 0 bridgehead atoms. The van der Waals surface area contributed by atoms with Crippen molar-refractivity contribution in [2.45, 2.75) is 44.6 Å². The van der Waals surface area contributed by atoms with Crippen LogP contribution in [0.25, 0.3) is 0 Å². The first-order chi connectivity index (χ1) is 18.5. The van der Waals surface area contributed by atoms with Gasteiger partial charge in [0.15, 0.2) is 0 Å². The lowest BCUT2D eigenvalue weighted by Crippen LogP contribution is -2.36. The number of halogens is 6. The first-order valence-corrected chi connectivity index (χ1v) is 13.7. The summed E-state index contributed by atoms with van der Waals surface area (Å²) in [5, 5.41) is -0.316. The molecule has 0 saturated carbocycles. The van der Waals surface area contributed by atoms with Crippen LogP contribution >= 0.6 is 11.8 Å². The molecule has 1 saturated heterocycles. The zero-order valence-corrected chi connectivity index (χ0v) is 23.7. The van der Waals surface area contributed by atoms with E-state index in [0.717, 1.165) is 22.7 Å². The summed E-state index contributed by atoms with van der Waals surface area (Å²) in [5.74, 6) is -0.166. The van der Waals surface area contributed by atoms with Crippen LogP contribution in [0.2, 0.25) is 0 Å². The van der Waals surface area contributed by atoms with E-state index in [-0.39, 0.29) is 41.2 Å². The van der Waals surface area contributed by atoms with Gasteiger partial charge in [0.05, 0.1) is 22.8 Å². The summed E-state index contributed by atoms with van der Waals surface area (Å²) < 4.78 is 79.5. The molecule has 13 heteroatoms. The monoisotopic (exact) mass is 592 g/mol. The van der Waals surface area contributed by atoms with Crippen LogP contribution in [-0.2, 0) is 23.7 Å². The predicted molar refractivity (Wildman–Crippen MR) is 143 cm³/mol. The van der Waals surface area contributed by atoms with Crippen LogP contribution in [-0.4, -0.2) is 79.4 Å².